The van der Waals surface area contributed by atoms with E-state index in [2.05, 4.69) is 48.4 Å². The van der Waals surface area contributed by atoms with Crippen LogP contribution in [0.2, 0.25) is 0 Å². The number of nitrogens with zero attached hydrogens (tertiary/aromatic N) is 2. The second-order valence-electron chi connectivity index (χ2n) is 5.89. The number of hydrogen-bond donors (Lipinski definition) is 1. The number of rotatable bonds is 4. The molecule has 1 heterocycles. The molecule has 1 aromatic heterocycles. The molecule has 3 heteroatoms. The highest BCUT2D eigenvalue weighted by atomic mass is 15.0. The summed E-state index contributed by atoms with van der Waals surface area (Å²) in [6.07, 6.45) is 4.45. The van der Waals surface area contributed by atoms with Crippen molar-refractivity contribution in [3.05, 3.63) is 53.0 Å². The molecule has 1 atom stereocenters. The van der Waals surface area contributed by atoms with E-state index in [1.165, 1.54) is 11.1 Å². The predicted octanol–water partition coefficient (Wildman–Crippen LogP) is 3.88. The molecule has 0 saturated carbocycles. The number of fused-ring (bicyclic) bond motifs is 1. The molecule has 0 aliphatic heterocycles. The first-order valence-corrected chi connectivity index (χ1v) is 7.92. The Labute approximate surface area is 126 Å². The zero-order valence-corrected chi connectivity index (χ0v) is 12.9. The van der Waals surface area contributed by atoms with Gasteiger partial charge >= 0.3 is 0 Å². The smallest absolute Gasteiger partial charge is 0.134 e. The SMILES string of the molecule is CCCNc1cc(C)nc(C2CCc3ccccc3C2)n1. The van der Waals surface area contributed by atoms with Crippen LogP contribution in [0.5, 0.6) is 0 Å². The van der Waals surface area contributed by atoms with Crippen molar-refractivity contribution in [1.82, 2.24) is 9.97 Å². The van der Waals surface area contributed by atoms with Crippen molar-refractivity contribution < 1.29 is 0 Å². The number of nitrogens with one attached hydrogen (secondary N) is 1. The monoisotopic (exact) mass is 281 g/mol. The Morgan fingerprint density at radius 2 is 2.00 bits per heavy atom. The average molecular weight is 281 g/mol. The number of aryl methyl sites for hydroxylation is 2. The van der Waals surface area contributed by atoms with E-state index in [1.807, 2.05) is 6.07 Å². The fraction of sp³-hybridized carbons (Fsp3) is 0.444. The topological polar surface area (TPSA) is 37.8 Å². The van der Waals surface area contributed by atoms with E-state index in [4.69, 9.17) is 4.98 Å². The van der Waals surface area contributed by atoms with Gasteiger partial charge in [-0.3, -0.25) is 0 Å². The molecule has 1 unspecified atom stereocenters. The van der Waals surface area contributed by atoms with Gasteiger partial charge in [-0.15, -0.1) is 0 Å². The molecular weight excluding hydrogens is 258 g/mol. The molecule has 0 fully saturated rings. The van der Waals surface area contributed by atoms with E-state index in [1.54, 1.807) is 0 Å². The predicted molar refractivity (Wildman–Crippen MR) is 86.8 cm³/mol. The standard InChI is InChI=1S/C18H23N3/c1-3-10-19-17-11-13(2)20-18(21-17)16-9-8-14-6-4-5-7-15(14)12-16/h4-7,11,16H,3,8-10,12H2,1-2H3,(H,19,20,21). The lowest BCUT2D eigenvalue weighted by atomic mass is 9.83. The second kappa shape index (κ2) is 6.25. The molecule has 0 amide bonds. The molecule has 110 valence electrons. The van der Waals surface area contributed by atoms with E-state index < -0.39 is 0 Å². The van der Waals surface area contributed by atoms with Crippen LogP contribution in [0.4, 0.5) is 5.82 Å². The normalized spacial score (nSPS) is 17.3. The lowest BCUT2D eigenvalue weighted by Gasteiger charge is -2.24. The fourth-order valence-corrected chi connectivity index (χ4v) is 3.04. The van der Waals surface area contributed by atoms with Crippen LogP contribution in [0.25, 0.3) is 0 Å². The maximum absolute atomic E-state index is 4.75. The van der Waals surface area contributed by atoms with Crippen molar-refractivity contribution in [1.29, 1.82) is 0 Å². The second-order valence-corrected chi connectivity index (χ2v) is 5.89. The van der Waals surface area contributed by atoms with Gasteiger partial charge in [0, 0.05) is 24.2 Å². The van der Waals surface area contributed by atoms with Gasteiger partial charge in [-0.1, -0.05) is 31.2 Å². The van der Waals surface area contributed by atoms with Crippen LogP contribution >= 0.6 is 0 Å². The van der Waals surface area contributed by atoms with E-state index in [0.29, 0.717) is 5.92 Å². The van der Waals surface area contributed by atoms with Crippen molar-refractivity contribution in [2.45, 2.75) is 45.4 Å². The highest BCUT2D eigenvalue weighted by molar-refractivity contribution is 5.37. The molecule has 0 bridgehead atoms. The summed E-state index contributed by atoms with van der Waals surface area (Å²) >= 11 is 0. The molecule has 0 radical (unpaired) electrons. The third-order valence-electron chi connectivity index (χ3n) is 4.14. The summed E-state index contributed by atoms with van der Waals surface area (Å²) in [5, 5.41) is 3.38. The van der Waals surface area contributed by atoms with Gasteiger partial charge in [0.15, 0.2) is 0 Å². The van der Waals surface area contributed by atoms with Gasteiger partial charge in [0.2, 0.25) is 0 Å². The Hall–Kier alpha value is -1.90. The number of benzene rings is 1. The van der Waals surface area contributed by atoms with Gasteiger partial charge < -0.3 is 5.32 Å². The van der Waals surface area contributed by atoms with Crippen LogP contribution in [-0.2, 0) is 12.8 Å². The Bertz CT molecular complexity index is 622. The van der Waals surface area contributed by atoms with E-state index in [-0.39, 0.29) is 0 Å². The first kappa shape index (κ1) is 14.1. The minimum absolute atomic E-state index is 0.446. The summed E-state index contributed by atoms with van der Waals surface area (Å²) < 4.78 is 0. The zero-order valence-electron chi connectivity index (χ0n) is 12.9. The van der Waals surface area contributed by atoms with Gasteiger partial charge in [-0.2, -0.15) is 0 Å². The molecule has 3 rings (SSSR count). The average Bonchev–Trinajstić information content (AvgIpc) is 2.52. The molecular formula is C18H23N3. The van der Waals surface area contributed by atoms with Crippen LogP contribution in [0.15, 0.2) is 30.3 Å². The van der Waals surface area contributed by atoms with Crippen LogP contribution < -0.4 is 5.32 Å². The first-order chi connectivity index (χ1) is 10.3. The number of aromatic nitrogens is 2. The van der Waals surface area contributed by atoms with E-state index in [9.17, 15) is 0 Å². The zero-order chi connectivity index (χ0) is 14.7. The third-order valence-corrected chi connectivity index (χ3v) is 4.14. The molecule has 1 N–H and O–H groups in total. The van der Waals surface area contributed by atoms with Crippen LogP contribution in [-0.4, -0.2) is 16.5 Å². The Kier molecular flexibility index (Phi) is 4.18. The van der Waals surface area contributed by atoms with Gasteiger partial charge in [-0.25, -0.2) is 9.97 Å². The molecule has 0 spiro atoms. The highest BCUT2D eigenvalue weighted by Crippen LogP contribution is 2.31. The third kappa shape index (κ3) is 3.23. The first-order valence-electron chi connectivity index (χ1n) is 7.92. The molecule has 1 aliphatic carbocycles. The Morgan fingerprint density at radius 3 is 2.81 bits per heavy atom. The number of hydrogen-bond acceptors (Lipinski definition) is 3. The lowest BCUT2D eigenvalue weighted by Crippen LogP contribution is -2.16. The summed E-state index contributed by atoms with van der Waals surface area (Å²) in [7, 11) is 0. The molecule has 21 heavy (non-hydrogen) atoms. The summed E-state index contributed by atoms with van der Waals surface area (Å²) in [6.45, 7) is 5.18. The molecule has 1 aromatic carbocycles. The van der Waals surface area contributed by atoms with Crippen molar-refractivity contribution in [2.75, 3.05) is 11.9 Å². The molecule has 2 aromatic rings. The maximum Gasteiger partial charge on any atom is 0.134 e. The number of anilines is 1. The Balaban J connectivity index is 1.83. The van der Waals surface area contributed by atoms with E-state index in [0.717, 1.165) is 49.6 Å². The Morgan fingerprint density at radius 1 is 1.19 bits per heavy atom. The summed E-state index contributed by atoms with van der Waals surface area (Å²) in [4.78, 5) is 9.43. The minimum Gasteiger partial charge on any atom is -0.370 e. The molecule has 1 aliphatic rings. The summed E-state index contributed by atoms with van der Waals surface area (Å²) in [5.74, 6) is 2.42. The summed E-state index contributed by atoms with van der Waals surface area (Å²) in [6, 6.07) is 10.8. The van der Waals surface area contributed by atoms with Crippen molar-refractivity contribution in [3.63, 3.8) is 0 Å². The minimum atomic E-state index is 0.446. The van der Waals surface area contributed by atoms with Gasteiger partial charge in [-0.05, 0) is 43.7 Å². The largest absolute Gasteiger partial charge is 0.370 e. The van der Waals surface area contributed by atoms with Gasteiger partial charge in [0.1, 0.15) is 11.6 Å². The maximum atomic E-state index is 4.75. The van der Waals surface area contributed by atoms with Crippen molar-refractivity contribution in [3.8, 4) is 0 Å². The summed E-state index contributed by atoms with van der Waals surface area (Å²) in [5.41, 5.74) is 4.00. The quantitative estimate of drug-likeness (QED) is 0.924. The van der Waals surface area contributed by atoms with E-state index >= 15 is 0 Å². The molecule has 0 saturated heterocycles. The van der Waals surface area contributed by atoms with Crippen LogP contribution in [0, 0.1) is 6.92 Å². The van der Waals surface area contributed by atoms with Gasteiger partial charge in [0.25, 0.3) is 0 Å². The van der Waals surface area contributed by atoms with Crippen LogP contribution in [0.1, 0.15) is 48.3 Å². The lowest BCUT2D eigenvalue weighted by molar-refractivity contribution is 0.554. The van der Waals surface area contributed by atoms with Crippen molar-refractivity contribution >= 4 is 5.82 Å². The van der Waals surface area contributed by atoms with Gasteiger partial charge in [0.05, 0.1) is 0 Å². The fourth-order valence-electron chi connectivity index (χ4n) is 3.04. The molecule has 3 nitrogen and oxygen atoms in total. The highest BCUT2D eigenvalue weighted by Gasteiger charge is 2.22. The van der Waals surface area contributed by atoms with Crippen LogP contribution in [0.3, 0.4) is 0 Å². The van der Waals surface area contributed by atoms with Crippen molar-refractivity contribution in [2.24, 2.45) is 0 Å².